The molecule has 78 valence electrons. The molecule has 2 aromatic heterocycles. The molecule has 0 saturated carbocycles. The van der Waals surface area contributed by atoms with E-state index in [1.807, 2.05) is 12.1 Å². The van der Waals surface area contributed by atoms with Gasteiger partial charge >= 0.3 is 0 Å². The molecule has 15 heavy (non-hydrogen) atoms. The minimum atomic E-state index is 0.631. The number of nitrogens with two attached hydrogens (primary N) is 1. The summed E-state index contributed by atoms with van der Waals surface area (Å²) in [6, 6.07) is 3.79. The van der Waals surface area contributed by atoms with Crippen LogP contribution in [0.1, 0.15) is 6.42 Å². The first-order valence-corrected chi connectivity index (χ1v) is 4.78. The predicted octanol–water partition coefficient (Wildman–Crippen LogP) is 0.0839. The van der Waals surface area contributed by atoms with Crippen LogP contribution in [0, 0.1) is 0 Å². The minimum absolute atomic E-state index is 0.631. The van der Waals surface area contributed by atoms with E-state index in [-0.39, 0.29) is 0 Å². The van der Waals surface area contributed by atoms with Crippen molar-refractivity contribution in [3.05, 3.63) is 24.5 Å². The second-order valence-electron chi connectivity index (χ2n) is 3.11. The Balaban J connectivity index is 2.25. The van der Waals surface area contributed by atoms with Crippen molar-refractivity contribution in [2.24, 2.45) is 5.73 Å². The normalized spacial score (nSPS) is 10.5. The first-order chi connectivity index (χ1) is 7.42. The van der Waals surface area contributed by atoms with Gasteiger partial charge in [-0.15, -0.1) is 5.10 Å². The molecule has 2 N–H and O–H groups in total. The van der Waals surface area contributed by atoms with E-state index in [1.54, 1.807) is 17.1 Å². The van der Waals surface area contributed by atoms with Crippen LogP contribution in [0.4, 0.5) is 0 Å². The van der Waals surface area contributed by atoms with E-state index in [1.165, 1.54) is 0 Å². The van der Waals surface area contributed by atoms with Crippen LogP contribution in [-0.2, 0) is 6.54 Å². The van der Waals surface area contributed by atoms with Crippen LogP contribution in [0.15, 0.2) is 24.5 Å². The van der Waals surface area contributed by atoms with Crippen molar-refractivity contribution in [3.8, 4) is 11.4 Å². The lowest BCUT2D eigenvalue weighted by Gasteiger charge is -2.02. The number of rotatable bonds is 4. The van der Waals surface area contributed by atoms with Gasteiger partial charge in [0, 0.05) is 24.5 Å². The van der Waals surface area contributed by atoms with E-state index >= 15 is 0 Å². The second kappa shape index (κ2) is 4.61. The van der Waals surface area contributed by atoms with E-state index in [0.717, 1.165) is 24.4 Å². The maximum Gasteiger partial charge on any atom is 0.183 e. The molecule has 0 amide bonds. The second-order valence-corrected chi connectivity index (χ2v) is 3.11. The summed E-state index contributed by atoms with van der Waals surface area (Å²) in [7, 11) is 0. The Labute approximate surface area is 87.1 Å². The standard InChI is InChI=1S/C9H12N6/c10-4-2-6-15-9(12-13-14-15)8-3-1-5-11-7-8/h1,3,5,7H,2,4,6,10H2. The van der Waals surface area contributed by atoms with Crippen LogP contribution in [0.25, 0.3) is 11.4 Å². The summed E-state index contributed by atoms with van der Waals surface area (Å²) in [5.41, 5.74) is 6.36. The van der Waals surface area contributed by atoms with E-state index < -0.39 is 0 Å². The largest absolute Gasteiger partial charge is 0.330 e. The molecule has 0 saturated heterocycles. The fraction of sp³-hybridized carbons (Fsp3) is 0.333. The zero-order chi connectivity index (χ0) is 10.5. The molecule has 0 spiro atoms. The van der Waals surface area contributed by atoms with Gasteiger partial charge in [-0.1, -0.05) is 0 Å². The highest BCUT2D eigenvalue weighted by atomic mass is 15.5. The average molecular weight is 204 g/mol. The molecule has 0 bridgehead atoms. The number of hydrogen-bond donors (Lipinski definition) is 1. The van der Waals surface area contributed by atoms with E-state index in [2.05, 4.69) is 20.5 Å². The van der Waals surface area contributed by atoms with E-state index in [0.29, 0.717) is 6.54 Å². The summed E-state index contributed by atoms with van der Waals surface area (Å²) in [6.07, 6.45) is 4.32. The highest BCUT2D eigenvalue weighted by molar-refractivity contribution is 5.52. The molecular weight excluding hydrogens is 192 g/mol. The Hall–Kier alpha value is -1.82. The summed E-state index contributed by atoms with van der Waals surface area (Å²) in [4.78, 5) is 4.03. The molecule has 0 radical (unpaired) electrons. The van der Waals surface area contributed by atoms with Crippen molar-refractivity contribution in [2.45, 2.75) is 13.0 Å². The summed E-state index contributed by atoms with van der Waals surface area (Å²) >= 11 is 0. The van der Waals surface area contributed by atoms with Gasteiger partial charge in [-0.3, -0.25) is 4.98 Å². The molecule has 0 aliphatic carbocycles. The number of aromatic nitrogens is 5. The maximum absolute atomic E-state index is 5.44. The highest BCUT2D eigenvalue weighted by Crippen LogP contribution is 2.13. The molecule has 6 heteroatoms. The Morgan fingerprint density at radius 1 is 1.40 bits per heavy atom. The molecule has 0 atom stereocenters. The first-order valence-electron chi connectivity index (χ1n) is 4.78. The van der Waals surface area contributed by atoms with Crippen LogP contribution >= 0.6 is 0 Å². The van der Waals surface area contributed by atoms with Gasteiger partial charge < -0.3 is 5.73 Å². The fourth-order valence-corrected chi connectivity index (χ4v) is 1.30. The quantitative estimate of drug-likeness (QED) is 0.762. The van der Waals surface area contributed by atoms with Gasteiger partial charge in [-0.25, -0.2) is 4.68 Å². The Morgan fingerprint density at radius 3 is 3.07 bits per heavy atom. The smallest absolute Gasteiger partial charge is 0.183 e. The Morgan fingerprint density at radius 2 is 2.33 bits per heavy atom. The summed E-state index contributed by atoms with van der Waals surface area (Å²) < 4.78 is 1.74. The van der Waals surface area contributed by atoms with Crippen molar-refractivity contribution < 1.29 is 0 Å². The van der Waals surface area contributed by atoms with Crippen LogP contribution in [-0.4, -0.2) is 31.7 Å². The van der Waals surface area contributed by atoms with Crippen molar-refractivity contribution in [2.75, 3.05) is 6.54 Å². The minimum Gasteiger partial charge on any atom is -0.330 e. The van der Waals surface area contributed by atoms with Crippen molar-refractivity contribution in [1.82, 2.24) is 25.2 Å². The molecule has 0 aliphatic rings. The predicted molar refractivity (Wildman–Crippen MR) is 54.7 cm³/mol. The SMILES string of the molecule is NCCCn1nnnc1-c1cccnc1. The average Bonchev–Trinajstić information content (AvgIpc) is 2.75. The zero-order valence-corrected chi connectivity index (χ0v) is 8.24. The molecule has 0 aromatic carbocycles. The molecule has 2 rings (SSSR count). The maximum atomic E-state index is 5.44. The third-order valence-corrected chi connectivity index (χ3v) is 2.03. The van der Waals surface area contributed by atoms with Gasteiger partial charge in [0.2, 0.25) is 0 Å². The zero-order valence-electron chi connectivity index (χ0n) is 8.24. The topological polar surface area (TPSA) is 82.5 Å². The lowest BCUT2D eigenvalue weighted by molar-refractivity contribution is 0.568. The number of tetrazole rings is 1. The van der Waals surface area contributed by atoms with Gasteiger partial charge in [0.25, 0.3) is 0 Å². The molecule has 0 unspecified atom stereocenters. The van der Waals surface area contributed by atoms with Gasteiger partial charge in [0.1, 0.15) is 0 Å². The number of nitrogens with zero attached hydrogens (tertiary/aromatic N) is 5. The van der Waals surface area contributed by atoms with Crippen LogP contribution in [0.5, 0.6) is 0 Å². The molecule has 2 heterocycles. The van der Waals surface area contributed by atoms with Crippen LogP contribution in [0.3, 0.4) is 0 Å². The third kappa shape index (κ3) is 2.16. The van der Waals surface area contributed by atoms with Gasteiger partial charge in [0.15, 0.2) is 5.82 Å². The first kappa shape index (κ1) is 9.72. The molecule has 2 aromatic rings. The number of pyridine rings is 1. The van der Waals surface area contributed by atoms with Crippen molar-refractivity contribution >= 4 is 0 Å². The lowest BCUT2D eigenvalue weighted by atomic mass is 10.3. The monoisotopic (exact) mass is 204 g/mol. The molecule has 6 nitrogen and oxygen atoms in total. The molecular formula is C9H12N6. The van der Waals surface area contributed by atoms with Gasteiger partial charge in [-0.2, -0.15) is 0 Å². The van der Waals surface area contributed by atoms with Gasteiger partial charge in [-0.05, 0) is 35.5 Å². The fourth-order valence-electron chi connectivity index (χ4n) is 1.30. The summed E-state index contributed by atoms with van der Waals surface area (Å²) in [5.74, 6) is 0.733. The molecule has 0 aliphatic heterocycles. The van der Waals surface area contributed by atoms with Crippen LogP contribution < -0.4 is 5.73 Å². The van der Waals surface area contributed by atoms with Crippen LogP contribution in [0.2, 0.25) is 0 Å². The van der Waals surface area contributed by atoms with Crippen molar-refractivity contribution in [3.63, 3.8) is 0 Å². The van der Waals surface area contributed by atoms with Gasteiger partial charge in [0.05, 0.1) is 0 Å². The number of aryl methyl sites for hydroxylation is 1. The highest BCUT2D eigenvalue weighted by Gasteiger charge is 2.07. The lowest BCUT2D eigenvalue weighted by Crippen LogP contribution is -2.08. The number of hydrogen-bond acceptors (Lipinski definition) is 5. The van der Waals surface area contributed by atoms with E-state index in [4.69, 9.17) is 5.73 Å². The summed E-state index contributed by atoms with van der Waals surface area (Å²) in [6.45, 7) is 1.36. The van der Waals surface area contributed by atoms with Crippen molar-refractivity contribution in [1.29, 1.82) is 0 Å². The Bertz CT molecular complexity index is 410. The van der Waals surface area contributed by atoms with E-state index in [9.17, 15) is 0 Å². The molecule has 0 fully saturated rings. The summed E-state index contributed by atoms with van der Waals surface area (Å²) in [5, 5.41) is 11.5. The Kier molecular flexibility index (Phi) is 2.99. The third-order valence-electron chi connectivity index (χ3n) is 2.03.